The van der Waals surface area contributed by atoms with Gasteiger partial charge in [-0.15, -0.1) is 0 Å². The van der Waals surface area contributed by atoms with Gasteiger partial charge in [-0.25, -0.2) is 0 Å². The fourth-order valence-corrected chi connectivity index (χ4v) is 4.13. The molecular formula is C14H25IO. The summed E-state index contributed by atoms with van der Waals surface area (Å²) in [5.41, 5.74) is 0.238. The summed E-state index contributed by atoms with van der Waals surface area (Å²) in [5, 5.41) is 0. The Kier molecular flexibility index (Phi) is 4.56. The van der Waals surface area contributed by atoms with Crippen LogP contribution in [-0.2, 0) is 4.74 Å². The topological polar surface area (TPSA) is 9.23 Å². The number of hydrogen-bond acceptors (Lipinski definition) is 1. The Bertz CT molecular complexity index is 221. The predicted octanol–water partition coefficient (Wildman–Crippen LogP) is 4.58. The van der Waals surface area contributed by atoms with E-state index in [1.165, 1.54) is 49.4 Å². The van der Waals surface area contributed by atoms with Gasteiger partial charge in [0.1, 0.15) is 0 Å². The average molecular weight is 336 g/mol. The Hall–Kier alpha value is 0.690. The van der Waals surface area contributed by atoms with E-state index in [9.17, 15) is 0 Å². The highest BCUT2D eigenvalue weighted by Gasteiger charge is 2.37. The zero-order valence-electron chi connectivity index (χ0n) is 10.7. The van der Waals surface area contributed by atoms with Crippen molar-refractivity contribution in [1.82, 2.24) is 0 Å². The first-order chi connectivity index (χ1) is 7.63. The highest BCUT2D eigenvalue weighted by molar-refractivity contribution is 14.1. The lowest BCUT2D eigenvalue weighted by molar-refractivity contribution is -0.100. The summed E-state index contributed by atoms with van der Waals surface area (Å²) >= 11 is 2.53. The van der Waals surface area contributed by atoms with Crippen LogP contribution in [0.2, 0.25) is 0 Å². The SMILES string of the molecule is CC1CCC(CI)(OC2CCC(C)C2)CC1. The molecule has 16 heavy (non-hydrogen) atoms. The Morgan fingerprint density at radius 3 is 2.25 bits per heavy atom. The van der Waals surface area contributed by atoms with Gasteiger partial charge in [-0.2, -0.15) is 0 Å². The Labute approximate surface area is 114 Å². The van der Waals surface area contributed by atoms with Crippen LogP contribution in [0.15, 0.2) is 0 Å². The molecule has 2 saturated carbocycles. The van der Waals surface area contributed by atoms with Crippen LogP contribution in [0.5, 0.6) is 0 Å². The van der Waals surface area contributed by atoms with Crippen molar-refractivity contribution in [3.05, 3.63) is 0 Å². The van der Waals surface area contributed by atoms with E-state index in [0.29, 0.717) is 6.10 Å². The normalized spacial score (nSPS) is 44.8. The van der Waals surface area contributed by atoms with Crippen LogP contribution in [0.4, 0.5) is 0 Å². The highest BCUT2D eigenvalue weighted by atomic mass is 127. The van der Waals surface area contributed by atoms with Crippen LogP contribution < -0.4 is 0 Å². The van der Waals surface area contributed by atoms with Gasteiger partial charge < -0.3 is 4.74 Å². The molecule has 0 spiro atoms. The van der Waals surface area contributed by atoms with Crippen molar-refractivity contribution in [3.63, 3.8) is 0 Å². The molecule has 2 fully saturated rings. The third-order valence-corrected chi connectivity index (χ3v) is 5.88. The van der Waals surface area contributed by atoms with Gasteiger partial charge in [0.25, 0.3) is 0 Å². The monoisotopic (exact) mass is 336 g/mol. The molecule has 0 aliphatic heterocycles. The minimum Gasteiger partial charge on any atom is -0.371 e. The molecule has 0 bridgehead atoms. The molecule has 0 heterocycles. The number of hydrogen-bond donors (Lipinski definition) is 0. The maximum atomic E-state index is 6.50. The van der Waals surface area contributed by atoms with Gasteiger partial charge in [-0.1, -0.05) is 36.4 Å². The largest absolute Gasteiger partial charge is 0.371 e. The lowest BCUT2D eigenvalue weighted by Crippen LogP contribution is -2.41. The summed E-state index contributed by atoms with van der Waals surface area (Å²) in [5.74, 6) is 1.81. The summed E-state index contributed by atoms with van der Waals surface area (Å²) in [6.45, 7) is 4.75. The molecule has 2 heteroatoms. The molecule has 2 aliphatic carbocycles. The molecule has 1 nitrogen and oxygen atoms in total. The summed E-state index contributed by atoms with van der Waals surface area (Å²) < 4.78 is 7.68. The van der Waals surface area contributed by atoms with Gasteiger partial charge in [-0.3, -0.25) is 0 Å². The molecule has 0 radical (unpaired) electrons. The van der Waals surface area contributed by atoms with Crippen molar-refractivity contribution in [2.24, 2.45) is 11.8 Å². The molecule has 2 atom stereocenters. The van der Waals surface area contributed by atoms with Gasteiger partial charge in [0.15, 0.2) is 0 Å². The van der Waals surface area contributed by atoms with Gasteiger partial charge in [0.2, 0.25) is 0 Å². The van der Waals surface area contributed by atoms with Gasteiger partial charge >= 0.3 is 0 Å². The summed E-state index contributed by atoms with van der Waals surface area (Å²) in [6.07, 6.45) is 9.86. The van der Waals surface area contributed by atoms with Crippen molar-refractivity contribution in [2.45, 2.75) is 70.5 Å². The predicted molar refractivity (Wildman–Crippen MR) is 77.1 cm³/mol. The molecule has 0 N–H and O–H groups in total. The first kappa shape index (κ1) is 13.1. The van der Waals surface area contributed by atoms with Crippen LogP contribution in [0.3, 0.4) is 0 Å². The van der Waals surface area contributed by atoms with E-state index in [1.807, 2.05) is 0 Å². The molecule has 94 valence electrons. The van der Waals surface area contributed by atoms with E-state index in [4.69, 9.17) is 4.74 Å². The second-order valence-electron chi connectivity index (χ2n) is 6.16. The van der Waals surface area contributed by atoms with Crippen molar-refractivity contribution >= 4 is 22.6 Å². The second kappa shape index (κ2) is 5.55. The van der Waals surface area contributed by atoms with Crippen molar-refractivity contribution in [2.75, 3.05) is 4.43 Å². The minimum atomic E-state index is 0.238. The molecular weight excluding hydrogens is 311 g/mol. The molecule has 0 saturated heterocycles. The van der Waals surface area contributed by atoms with E-state index in [1.54, 1.807) is 0 Å². The van der Waals surface area contributed by atoms with E-state index in [2.05, 4.69) is 36.4 Å². The molecule has 0 aromatic heterocycles. The average Bonchev–Trinajstić information content (AvgIpc) is 2.68. The summed E-state index contributed by atoms with van der Waals surface area (Å²) in [4.78, 5) is 0. The van der Waals surface area contributed by atoms with Crippen molar-refractivity contribution in [1.29, 1.82) is 0 Å². The maximum absolute atomic E-state index is 6.50. The third-order valence-electron chi connectivity index (χ3n) is 4.49. The summed E-state index contributed by atoms with van der Waals surface area (Å²) in [6, 6.07) is 0. The maximum Gasteiger partial charge on any atom is 0.0775 e. The van der Waals surface area contributed by atoms with E-state index in [0.717, 1.165) is 11.8 Å². The lowest BCUT2D eigenvalue weighted by atomic mass is 9.80. The number of alkyl halides is 1. The van der Waals surface area contributed by atoms with Crippen LogP contribution >= 0.6 is 22.6 Å². The smallest absolute Gasteiger partial charge is 0.0775 e. The number of halogens is 1. The summed E-state index contributed by atoms with van der Waals surface area (Å²) in [7, 11) is 0. The quantitative estimate of drug-likeness (QED) is 0.542. The first-order valence-electron chi connectivity index (χ1n) is 6.87. The zero-order chi connectivity index (χ0) is 11.6. The van der Waals surface area contributed by atoms with Crippen LogP contribution in [0, 0.1) is 11.8 Å². The standard InChI is InChI=1S/C14H25IO/c1-11-5-7-14(10-15,8-6-11)16-13-4-3-12(2)9-13/h11-13H,3-10H2,1-2H3. The number of ether oxygens (including phenoxy) is 1. The molecule has 0 aromatic carbocycles. The Morgan fingerprint density at radius 1 is 1.06 bits per heavy atom. The highest BCUT2D eigenvalue weighted by Crippen LogP contribution is 2.40. The first-order valence-corrected chi connectivity index (χ1v) is 8.40. The van der Waals surface area contributed by atoms with Crippen LogP contribution in [-0.4, -0.2) is 16.1 Å². The van der Waals surface area contributed by atoms with Crippen molar-refractivity contribution < 1.29 is 4.74 Å². The molecule has 0 amide bonds. The second-order valence-corrected chi connectivity index (χ2v) is 6.92. The number of rotatable bonds is 3. The van der Waals surface area contributed by atoms with E-state index in [-0.39, 0.29) is 5.60 Å². The lowest BCUT2D eigenvalue weighted by Gasteiger charge is -2.40. The van der Waals surface area contributed by atoms with Crippen molar-refractivity contribution in [3.8, 4) is 0 Å². The van der Waals surface area contributed by atoms with Crippen LogP contribution in [0.25, 0.3) is 0 Å². The Balaban J connectivity index is 1.89. The molecule has 0 aromatic rings. The minimum absolute atomic E-state index is 0.238. The van der Waals surface area contributed by atoms with Gasteiger partial charge in [0.05, 0.1) is 11.7 Å². The molecule has 2 rings (SSSR count). The van der Waals surface area contributed by atoms with Crippen LogP contribution in [0.1, 0.15) is 58.8 Å². The fraction of sp³-hybridized carbons (Fsp3) is 1.00. The van der Waals surface area contributed by atoms with E-state index < -0.39 is 0 Å². The molecule has 2 unspecified atom stereocenters. The van der Waals surface area contributed by atoms with Gasteiger partial charge in [-0.05, 0) is 56.8 Å². The fourth-order valence-electron chi connectivity index (χ4n) is 3.19. The Morgan fingerprint density at radius 2 is 1.75 bits per heavy atom. The van der Waals surface area contributed by atoms with Gasteiger partial charge in [0, 0.05) is 4.43 Å². The van der Waals surface area contributed by atoms with E-state index >= 15 is 0 Å². The zero-order valence-corrected chi connectivity index (χ0v) is 12.8. The molecule has 2 aliphatic rings. The third kappa shape index (κ3) is 3.12.